The molecular formula is C13H9ClF4OS. The van der Waals surface area contributed by atoms with Gasteiger partial charge in [-0.1, -0.05) is 23.7 Å². The summed E-state index contributed by atoms with van der Waals surface area (Å²) in [5.41, 5.74) is -1.75. The Morgan fingerprint density at radius 3 is 2.45 bits per heavy atom. The Morgan fingerprint density at radius 2 is 1.90 bits per heavy atom. The van der Waals surface area contributed by atoms with Gasteiger partial charge in [-0.05, 0) is 18.2 Å². The number of hydrogen-bond donors (Lipinski definition) is 1. The third-order valence-electron chi connectivity index (χ3n) is 2.72. The first-order valence-corrected chi connectivity index (χ1v) is 6.76. The van der Waals surface area contributed by atoms with Gasteiger partial charge < -0.3 is 5.11 Å². The van der Waals surface area contributed by atoms with Crippen LogP contribution in [0.15, 0.2) is 30.3 Å². The quantitative estimate of drug-likeness (QED) is 0.801. The monoisotopic (exact) mass is 324 g/mol. The lowest BCUT2D eigenvalue weighted by atomic mass is 10.0. The third kappa shape index (κ3) is 3.31. The summed E-state index contributed by atoms with van der Waals surface area (Å²) in [6.45, 7) is 0. The summed E-state index contributed by atoms with van der Waals surface area (Å²) in [5.74, 6) is -1.44. The highest BCUT2D eigenvalue weighted by molar-refractivity contribution is 7.16. The lowest BCUT2D eigenvalue weighted by Gasteiger charge is -2.15. The van der Waals surface area contributed by atoms with Gasteiger partial charge in [-0.25, -0.2) is 4.39 Å². The average Bonchev–Trinajstić information content (AvgIpc) is 2.73. The smallest absolute Gasteiger partial charge is 0.388 e. The first kappa shape index (κ1) is 15.3. The Balaban J connectivity index is 2.28. The molecule has 7 heteroatoms. The van der Waals surface area contributed by atoms with Gasteiger partial charge in [0.25, 0.3) is 0 Å². The third-order valence-corrected chi connectivity index (χ3v) is 3.97. The van der Waals surface area contributed by atoms with Crippen LogP contribution in [0.1, 0.15) is 22.1 Å². The fourth-order valence-electron chi connectivity index (χ4n) is 1.79. The van der Waals surface area contributed by atoms with E-state index in [1.807, 2.05) is 0 Å². The molecule has 2 rings (SSSR count). The average molecular weight is 325 g/mol. The molecule has 0 bridgehead atoms. The predicted octanol–water partition coefficient (Wildman–Crippen LogP) is 4.84. The van der Waals surface area contributed by atoms with E-state index in [9.17, 15) is 22.7 Å². The summed E-state index contributed by atoms with van der Waals surface area (Å²) in [7, 11) is 0. The van der Waals surface area contributed by atoms with Crippen molar-refractivity contribution in [1.82, 2.24) is 0 Å². The first-order valence-electron chi connectivity index (χ1n) is 5.57. The number of aliphatic hydroxyl groups excluding tert-OH is 1. The van der Waals surface area contributed by atoms with Gasteiger partial charge in [-0.3, -0.25) is 0 Å². The van der Waals surface area contributed by atoms with Crippen LogP contribution < -0.4 is 0 Å². The minimum absolute atomic E-state index is 0.00954. The number of thiophene rings is 1. The van der Waals surface area contributed by atoms with E-state index in [1.165, 1.54) is 11.3 Å². The van der Waals surface area contributed by atoms with Crippen molar-refractivity contribution in [2.75, 3.05) is 0 Å². The molecule has 0 fully saturated rings. The molecule has 1 unspecified atom stereocenters. The second-order valence-electron chi connectivity index (χ2n) is 4.13. The molecule has 0 aliphatic heterocycles. The molecule has 1 nitrogen and oxygen atoms in total. The minimum Gasteiger partial charge on any atom is -0.388 e. The van der Waals surface area contributed by atoms with Gasteiger partial charge in [0, 0.05) is 16.9 Å². The Hall–Kier alpha value is -1.11. The topological polar surface area (TPSA) is 20.2 Å². The van der Waals surface area contributed by atoms with Gasteiger partial charge in [0.1, 0.15) is 5.82 Å². The van der Waals surface area contributed by atoms with Gasteiger partial charge in [0.05, 0.1) is 16.0 Å². The Bertz CT molecular complexity index is 609. The van der Waals surface area contributed by atoms with Crippen molar-refractivity contribution >= 4 is 22.9 Å². The minimum atomic E-state index is -4.79. The molecule has 1 N–H and O–H groups in total. The molecule has 0 spiro atoms. The molecule has 0 aliphatic carbocycles. The maximum atomic E-state index is 13.8. The number of benzene rings is 1. The molecule has 2 aromatic rings. The normalized spacial score (nSPS) is 13.5. The number of rotatable bonds is 3. The Labute approximate surface area is 121 Å². The Kier molecular flexibility index (Phi) is 4.36. The molecule has 20 heavy (non-hydrogen) atoms. The van der Waals surface area contributed by atoms with Crippen LogP contribution in [0, 0.1) is 5.82 Å². The highest BCUT2D eigenvalue weighted by Crippen LogP contribution is 2.35. The first-order chi connectivity index (χ1) is 9.29. The lowest BCUT2D eigenvalue weighted by Crippen LogP contribution is -2.12. The lowest BCUT2D eigenvalue weighted by molar-refractivity contribution is -0.140. The zero-order chi connectivity index (χ0) is 14.9. The van der Waals surface area contributed by atoms with Crippen molar-refractivity contribution in [1.29, 1.82) is 0 Å². The van der Waals surface area contributed by atoms with E-state index in [0.29, 0.717) is 15.3 Å². The molecular weight excluding hydrogens is 316 g/mol. The SMILES string of the molecule is OC(Cc1ccc(Cl)s1)c1cccc(C(F)(F)F)c1F. The van der Waals surface area contributed by atoms with Crippen molar-refractivity contribution < 1.29 is 22.7 Å². The van der Waals surface area contributed by atoms with Crippen molar-refractivity contribution in [3.05, 3.63) is 56.5 Å². The van der Waals surface area contributed by atoms with Gasteiger partial charge >= 0.3 is 6.18 Å². The molecule has 108 valence electrons. The van der Waals surface area contributed by atoms with Gasteiger partial charge in [-0.15, -0.1) is 11.3 Å². The molecule has 1 atom stereocenters. The second-order valence-corrected chi connectivity index (χ2v) is 5.93. The summed E-state index contributed by atoms with van der Waals surface area (Å²) in [6, 6.07) is 6.11. The molecule has 0 amide bonds. The van der Waals surface area contributed by atoms with Gasteiger partial charge in [0.2, 0.25) is 0 Å². The van der Waals surface area contributed by atoms with Crippen LogP contribution in [0.5, 0.6) is 0 Å². The van der Waals surface area contributed by atoms with Crippen molar-refractivity contribution in [3.8, 4) is 0 Å². The highest BCUT2D eigenvalue weighted by Gasteiger charge is 2.35. The standard InChI is InChI=1S/C13H9ClF4OS/c14-11-5-4-7(20-11)6-10(19)8-2-1-3-9(12(8)15)13(16,17)18/h1-5,10,19H,6H2. The molecule has 0 saturated heterocycles. The van der Waals surface area contributed by atoms with Crippen LogP contribution >= 0.6 is 22.9 Å². The van der Waals surface area contributed by atoms with E-state index in [2.05, 4.69) is 0 Å². The van der Waals surface area contributed by atoms with Crippen LogP contribution in [0.25, 0.3) is 0 Å². The highest BCUT2D eigenvalue weighted by atomic mass is 35.5. The number of alkyl halides is 3. The summed E-state index contributed by atoms with van der Waals surface area (Å²) < 4.78 is 52.1. The summed E-state index contributed by atoms with van der Waals surface area (Å²) >= 11 is 6.91. The van der Waals surface area contributed by atoms with Crippen molar-refractivity contribution in [2.45, 2.75) is 18.7 Å². The summed E-state index contributed by atoms with van der Waals surface area (Å²) in [4.78, 5) is 0.666. The maximum Gasteiger partial charge on any atom is 0.419 e. The van der Waals surface area contributed by atoms with E-state index in [0.717, 1.165) is 12.1 Å². The van der Waals surface area contributed by atoms with Crippen molar-refractivity contribution in [2.24, 2.45) is 0 Å². The zero-order valence-corrected chi connectivity index (χ0v) is 11.5. The van der Waals surface area contributed by atoms with Gasteiger partial charge in [0.15, 0.2) is 0 Å². The molecule has 0 aliphatic rings. The van der Waals surface area contributed by atoms with E-state index in [4.69, 9.17) is 11.6 Å². The second kappa shape index (κ2) is 5.71. The molecule has 0 radical (unpaired) electrons. The Morgan fingerprint density at radius 1 is 1.20 bits per heavy atom. The number of aliphatic hydroxyl groups is 1. The van der Waals surface area contributed by atoms with Crippen LogP contribution in [0.3, 0.4) is 0 Å². The van der Waals surface area contributed by atoms with E-state index >= 15 is 0 Å². The summed E-state index contributed by atoms with van der Waals surface area (Å²) in [5, 5.41) is 9.91. The van der Waals surface area contributed by atoms with Gasteiger partial charge in [-0.2, -0.15) is 13.2 Å². The van der Waals surface area contributed by atoms with E-state index in [-0.39, 0.29) is 12.0 Å². The number of halogens is 5. The van der Waals surface area contributed by atoms with Crippen LogP contribution in [0.4, 0.5) is 17.6 Å². The largest absolute Gasteiger partial charge is 0.419 e. The van der Waals surface area contributed by atoms with Crippen LogP contribution in [0.2, 0.25) is 4.34 Å². The fourth-order valence-corrected chi connectivity index (χ4v) is 2.91. The maximum absolute atomic E-state index is 13.8. The molecule has 1 aromatic carbocycles. The van der Waals surface area contributed by atoms with E-state index in [1.54, 1.807) is 12.1 Å². The van der Waals surface area contributed by atoms with Crippen molar-refractivity contribution in [3.63, 3.8) is 0 Å². The molecule has 1 heterocycles. The van der Waals surface area contributed by atoms with E-state index < -0.39 is 23.7 Å². The van der Waals surface area contributed by atoms with Crippen LogP contribution in [-0.4, -0.2) is 5.11 Å². The zero-order valence-electron chi connectivity index (χ0n) is 9.92. The number of hydrogen-bond acceptors (Lipinski definition) is 2. The fraction of sp³-hybridized carbons (Fsp3) is 0.231. The summed E-state index contributed by atoms with van der Waals surface area (Å²) in [6.07, 6.45) is -6.13. The van der Waals surface area contributed by atoms with Crippen LogP contribution in [-0.2, 0) is 12.6 Å². The molecule has 1 aromatic heterocycles. The predicted molar refractivity (Wildman–Crippen MR) is 69.4 cm³/mol. The molecule has 0 saturated carbocycles.